The van der Waals surface area contributed by atoms with Gasteiger partial charge in [-0.25, -0.2) is 9.18 Å². The molecule has 0 aromatic heterocycles. The van der Waals surface area contributed by atoms with E-state index >= 15 is 4.39 Å². The number of hydrogen-bond donors (Lipinski definition) is 0. The highest BCUT2D eigenvalue weighted by molar-refractivity contribution is 6.06. The third-order valence-electron chi connectivity index (χ3n) is 6.38. The Morgan fingerprint density at radius 2 is 1.57 bits per heavy atom. The third-order valence-corrected chi connectivity index (χ3v) is 6.38. The fraction of sp³-hybridized carbons (Fsp3) is 0.286. The number of hydrogen-bond acceptors (Lipinski definition) is 5. The van der Waals surface area contributed by atoms with Crippen molar-refractivity contribution in [2.24, 2.45) is 0 Å². The van der Waals surface area contributed by atoms with E-state index in [1.165, 1.54) is 13.2 Å². The molecule has 1 heterocycles. The average molecular weight is 476 g/mol. The molecule has 1 fully saturated rings. The van der Waals surface area contributed by atoms with Crippen molar-refractivity contribution in [2.75, 3.05) is 49.6 Å². The van der Waals surface area contributed by atoms with Gasteiger partial charge < -0.3 is 14.5 Å². The van der Waals surface area contributed by atoms with E-state index < -0.39 is 6.04 Å². The van der Waals surface area contributed by atoms with Gasteiger partial charge in [0, 0.05) is 44.0 Å². The van der Waals surface area contributed by atoms with Crippen molar-refractivity contribution >= 4 is 23.3 Å². The van der Waals surface area contributed by atoms with Crippen LogP contribution in [0.15, 0.2) is 78.9 Å². The predicted octanol–water partition coefficient (Wildman–Crippen LogP) is 4.53. The van der Waals surface area contributed by atoms with Crippen LogP contribution in [0.4, 0.5) is 15.8 Å². The number of ether oxygens (including phenoxy) is 1. The molecule has 0 spiro atoms. The van der Waals surface area contributed by atoms with Crippen molar-refractivity contribution in [3.63, 3.8) is 0 Å². The summed E-state index contributed by atoms with van der Waals surface area (Å²) in [5, 5.41) is 0. The molecule has 1 amide bonds. The first-order valence-corrected chi connectivity index (χ1v) is 11.8. The van der Waals surface area contributed by atoms with E-state index in [2.05, 4.69) is 4.90 Å². The zero-order valence-electron chi connectivity index (χ0n) is 20.1. The Hall–Kier alpha value is -3.71. The molecule has 1 atom stereocenters. The first-order valence-electron chi connectivity index (χ1n) is 11.8. The minimum atomic E-state index is -0.488. The Morgan fingerprint density at radius 3 is 2.14 bits per heavy atom. The molecule has 182 valence electrons. The Labute approximate surface area is 205 Å². The number of esters is 1. The van der Waals surface area contributed by atoms with Gasteiger partial charge in [-0.3, -0.25) is 9.69 Å². The molecule has 1 aliphatic rings. The summed E-state index contributed by atoms with van der Waals surface area (Å²) < 4.78 is 20.3. The average Bonchev–Trinajstić information content (AvgIpc) is 2.91. The van der Waals surface area contributed by atoms with Crippen molar-refractivity contribution < 1.29 is 18.7 Å². The lowest BCUT2D eigenvalue weighted by molar-refractivity contribution is -0.147. The van der Waals surface area contributed by atoms with Crippen LogP contribution in [-0.2, 0) is 9.53 Å². The number of piperazine rings is 1. The number of rotatable bonds is 7. The quantitative estimate of drug-likeness (QED) is 0.470. The number of methoxy groups -OCH3 is 1. The largest absolute Gasteiger partial charge is 0.468 e. The molecule has 3 aromatic carbocycles. The van der Waals surface area contributed by atoms with Gasteiger partial charge >= 0.3 is 5.97 Å². The zero-order chi connectivity index (χ0) is 24.8. The van der Waals surface area contributed by atoms with Crippen LogP contribution in [0.3, 0.4) is 0 Å². The molecule has 4 rings (SSSR count). The van der Waals surface area contributed by atoms with Crippen molar-refractivity contribution in [3.8, 4) is 0 Å². The van der Waals surface area contributed by atoms with E-state index in [0.29, 0.717) is 49.7 Å². The molecule has 6 nitrogen and oxygen atoms in total. The minimum Gasteiger partial charge on any atom is -0.468 e. The summed E-state index contributed by atoms with van der Waals surface area (Å²) in [7, 11) is 1.40. The van der Waals surface area contributed by atoms with Crippen LogP contribution in [0, 0.1) is 5.82 Å². The maximum Gasteiger partial charge on any atom is 0.327 e. The normalized spacial score (nSPS) is 14.9. The molecule has 1 saturated heterocycles. The second-order valence-corrected chi connectivity index (χ2v) is 8.41. The highest BCUT2D eigenvalue weighted by Gasteiger charge is 2.32. The maximum absolute atomic E-state index is 15.2. The minimum absolute atomic E-state index is 0.163. The van der Waals surface area contributed by atoms with Gasteiger partial charge in [0.1, 0.15) is 11.9 Å². The van der Waals surface area contributed by atoms with Gasteiger partial charge in [0.05, 0.1) is 12.8 Å². The summed E-state index contributed by atoms with van der Waals surface area (Å²) in [4.78, 5) is 31.1. The van der Waals surface area contributed by atoms with Gasteiger partial charge in [-0.05, 0) is 42.8 Å². The number of anilines is 2. The zero-order valence-corrected chi connectivity index (χ0v) is 20.1. The molecule has 0 aliphatic carbocycles. The molecule has 0 bridgehead atoms. The predicted molar refractivity (Wildman–Crippen MR) is 135 cm³/mol. The van der Waals surface area contributed by atoms with Crippen LogP contribution in [0.25, 0.3) is 0 Å². The number of carbonyl (C=O) groups excluding carboxylic acids is 2. The van der Waals surface area contributed by atoms with Crippen molar-refractivity contribution in [1.29, 1.82) is 0 Å². The summed E-state index contributed by atoms with van der Waals surface area (Å²) >= 11 is 0. The van der Waals surface area contributed by atoms with Gasteiger partial charge in [-0.15, -0.1) is 0 Å². The van der Waals surface area contributed by atoms with Crippen molar-refractivity contribution in [2.45, 2.75) is 13.0 Å². The fourth-order valence-electron chi connectivity index (χ4n) is 4.56. The highest BCUT2D eigenvalue weighted by atomic mass is 19.1. The van der Waals surface area contributed by atoms with Crippen LogP contribution >= 0.6 is 0 Å². The van der Waals surface area contributed by atoms with E-state index in [9.17, 15) is 9.59 Å². The SMILES string of the molecule is CCN(C(=O)c1ccccc1)c1ccc(N2CCN(C(C(=O)OC)c3ccccc3)CC2)c(F)c1. The number of halogens is 1. The Kier molecular flexibility index (Phi) is 7.77. The van der Waals surface area contributed by atoms with Crippen LogP contribution < -0.4 is 9.80 Å². The monoisotopic (exact) mass is 475 g/mol. The topological polar surface area (TPSA) is 53.1 Å². The van der Waals surface area contributed by atoms with E-state index in [1.807, 2.05) is 60.4 Å². The standard InChI is InChI=1S/C28H30FN3O3/c1-3-32(27(33)22-12-8-5-9-13-22)23-14-15-25(24(29)20-23)30-16-18-31(19-17-30)26(28(34)35-2)21-10-6-4-7-11-21/h4-15,20,26H,3,16-19H2,1-2H3. The van der Waals surface area contributed by atoms with Crippen LogP contribution in [0.5, 0.6) is 0 Å². The van der Waals surface area contributed by atoms with Crippen molar-refractivity contribution in [3.05, 3.63) is 95.8 Å². The summed E-state index contributed by atoms with van der Waals surface area (Å²) in [6.07, 6.45) is 0. The maximum atomic E-state index is 15.2. The van der Waals surface area contributed by atoms with Gasteiger partial charge in [-0.2, -0.15) is 0 Å². The molecular weight excluding hydrogens is 445 g/mol. The smallest absolute Gasteiger partial charge is 0.327 e. The Balaban J connectivity index is 1.47. The summed E-state index contributed by atoms with van der Waals surface area (Å²) in [6, 6.07) is 23.0. The first kappa shape index (κ1) is 24.4. The van der Waals surface area contributed by atoms with Crippen molar-refractivity contribution in [1.82, 2.24) is 4.90 Å². The fourth-order valence-corrected chi connectivity index (χ4v) is 4.56. The lowest BCUT2D eigenvalue weighted by Gasteiger charge is -2.39. The second kappa shape index (κ2) is 11.1. The van der Waals surface area contributed by atoms with Gasteiger partial charge in [0.25, 0.3) is 5.91 Å². The first-order chi connectivity index (χ1) is 17.0. The number of carbonyl (C=O) groups is 2. The molecular formula is C28H30FN3O3. The van der Waals surface area contributed by atoms with E-state index in [4.69, 9.17) is 4.74 Å². The van der Waals surface area contributed by atoms with E-state index in [0.717, 1.165) is 5.56 Å². The van der Waals surface area contributed by atoms with E-state index in [-0.39, 0.29) is 17.7 Å². The van der Waals surface area contributed by atoms with Gasteiger partial charge in [0.15, 0.2) is 0 Å². The Bertz CT molecular complexity index is 1150. The molecule has 0 saturated carbocycles. The summed E-state index contributed by atoms with van der Waals surface area (Å²) in [5.74, 6) is -0.839. The molecule has 1 aliphatic heterocycles. The lowest BCUT2D eigenvalue weighted by atomic mass is 10.0. The molecule has 3 aromatic rings. The van der Waals surface area contributed by atoms with Crippen LogP contribution in [0.2, 0.25) is 0 Å². The number of benzene rings is 3. The molecule has 35 heavy (non-hydrogen) atoms. The number of amides is 1. The van der Waals surface area contributed by atoms with Crippen LogP contribution in [-0.4, -0.2) is 56.6 Å². The third kappa shape index (κ3) is 5.35. The summed E-state index contributed by atoms with van der Waals surface area (Å²) in [6.45, 7) is 4.61. The molecule has 1 unspecified atom stereocenters. The molecule has 0 radical (unpaired) electrons. The second-order valence-electron chi connectivity index (χ2n) is 8.41. The van der Waals surface area contributed by atoms with Crippen LogP contribution in [0.1, 0.15) is 28.9 Å². The Morgan fingerprint density at radius 1 is 0.943 bits per heavy atom. The van der Waals surface area contributed by atoms with E-state index in [1.54, 1.807) is 29.2 Å². The highest BCUT2D eigenvalue weighted by Crippen LogP contribution is 2.29. The summed E-state index contributed by atoms with van der Waals surface area (Å²) in [5.41, 5.74) is 2.46. The lowest BCUT2D eigenvalue weighted by Crippen LogP contribution is -2.49. The van der Waals surface area contributed by atoms with Gasteiger partial charge in [0.2, 0.25) is 0 Å². The van der Waals surface area contributed by atoms with Gasteiger partial charge in [-0.1, -0.05) is 48.5 Å². The molecule has 7 heteroatoms. The number of nitrogens with zero attached hydrogens (tertiary/aromatic N) is 3. The molecule has 0 N–H and O–H groups in total.